The van der Waals surface area contributed by atoms with Crippen molar-refractivity contribution in [2.24, 2.45) is 5.16 Å². The predicted molar refractivity (Wildman–Crippen MR) is 107 cm³/mol. The van der Waals surface area contributed by atoms with Gasteiger partial charge in [0.2, 0.25) is 5.82 Å². The number of carbonyl (C=O) groups is 1. The summed E-state index contributed by atoms with van der Waals surface area (Å²) >= 11 is 0. The smallest absolute Gasteiger partial charge is 0.273 e. The fourth-order valence-corrected chi connectivity index (χ4v) is 2.51. The van der Waals surface area contributed by atoms with E-state index >= 15 is 0 Å². The Morgan fingerprint density at radius 3 is 2.38 bits per heavy atom. The van der Waals surface area contributed by atoms with Crippen molar-refractivity contribution in [3.63, 3.8) is 0 Å². The molecule has 1 N–H and O–H groups in total. The maximum atomic E-state index is 15.0. The van der Waals surface area contributed by atoms with Gasteiger partial charge in [-0.05, 0) is 24.3 Å². The van der Waals surface area contributed by atoms with E-state index < -0.39 is 30.3 Å². The molecule has 0 spiro atoms. The van der Waals surface area contributed by atoms with Gasteiger partial charge >= 0.3 is 0 Å². The van der Waals surface area contributed by atoms with Gasteiger partial charge in [-0.1, -0.05) is 29.4 Å². The highest BCUT2D eigenvalue weighted by Gasteiger charge is 2.22. The standard InChI is InChI=1S/C21H15F2N5O4/c1-25-19(29)18(28-30-11-22)14-7-3-5-9-16(14)32-21-17(23)20(26-12-27-21)31-15-8-4-2-6-13(15)10-24/h2-9,12H,11H2,1H3,(H,25,29)/b28-18-. The van der Waals surface area contributed by atoms with Crippen LogP contribution in [-0.2, 0) is 9.63 Å². The number of carbonyl (C=O) groups excluding carboxylic acids is 1. The minimum atomic E-state index is -1.26. The number of benzene rings is 2. The van der Waals surface area contributed by atoms with Gasteiger partial charge in [0.25, 0.3) is 24.5 Å². The molecule has 0 radical (unpaired) electrons. The fraction of sp³-hybridized carbons (Fsp3) is 0.0952. The van der Waals surface area contributed by atoms with Gasteiger partial charge in [-0.25, -0.2) is 4.39 Å². The molecule has 0 fully saturated rings. The van der Waals surface area contributed by atoms with Crippen LogP contribution in [0.15, 0.2) is 60.0 Å². The van der Waals surface area contributed by atoms with Gasteiger partial charge < -0.3 is 19.6 Å². The Labute approximate surface area is 180 Å². The lowest BCUT2D eigenvalue weighted by atomic mass is 10.1. The third-order valence-corrected chi connectivity index (χ3v) is 3.94. The van der Waals surface area contributed by atoms with Crippen molar-refractivity contribution in [1.82, 2.24) is 15.3 Å². The summed E-state index contributed by atoms with van der Waals surface area (Å²) in [7, 11) is 1.35. The summed E-state index contributed by atoms with van der Waals surface area (Å²) in [5, 5.41) is 15.0. The number of nitrogens with one attached hydrogen (secondary N) is 1. The van der Waals surface area contributed by atoms with Gasteiger partial charge in [0, 0.05) is 7.05 Å². The number of nitrogens with zero attached hydrogens (tertiary/aromatic N) is 4. The van der Waals surface area contributed by atoms with E-state index in [9.17, 15) is 13.6 Å². The Kier molecular flexibility index (Phi) is 7.21. The molecule has 0 aliphatic rings. The number of hydrogen-bond donors (Lipinski definition) is 1. The second-order valence-electron chi connectivity index (χ2n) is 5.86. The van der Waals surface area contributed by atoms with Crippen LogP contribution in [0, 0.1) is 17.1 Å². The largest absolute Gasteiger partial charge is 0.436 e. The summed E-state index contributed by atoms with van der Waals surface area (Å²) in [6.07, 6.45) is 1.01. The summed E-state index contributed by atoms with van der Waals surface area (Å²) in [6.45, 7) is -1.26. The number of rotatable bonds is 8. The molecule has 0 unspecified atom stereocenters. The number of amides is 1. The van der Waals surface area contributed by atoms with Crippen molar-refractivity contribution in [3.05, 3.63) is 71.8 Å². The minimum Gasteiger partial charge on any atom is -0.436 e. The zero-order valence-electron chi connectivity index (χ0n) is 16.6. The molecule has 0 atom stereocenters. The summed E-state index contributed by atoms with van der Waals surface area (Å²) in [5.41, 5.74) is -0.0251. The minimum absolute atomic E-state index is 0.0155. The predicted octanol–water partition coefficient (Wildman–Crippen LogP) is 3.47. The van der Waals surface area contributed by atoms with Crippen LogP contribution in [0.1, 0.15) is 11.1 Å². The molecule has 2 aromatic carbocycles. The lowest BCUT2D eigenvalue weighted by molar-refractivity contribution is -0.114. The van der Waals surface area contributed by atoms with Gasteiger partial charge in [-0.2, -0.15) is 19.6 Å². The molecule has 1 aromatic heterocycles. The van der Waals surface area contributed by atoms with E-state index in [1.165, 1.54) is 31.3 Å². The molecule has 3 rings (SSSR count). The quantitative estimate of drug-likeness (QED) is 0.422. The molecule has 1 amide bonds. The lowest BCUT2D eigenvalue weighted by Crippen LogP contribution is -2.29. The molecule has 162 valence electrons. The first-order valence-electron chi connectivity index (χ1n) is 9.01. The highest BCUT2D eigenvalue weighted by atomic mass is 19.1. The van der Waals surface area contributed by atoms with Crippen LogP contribution in [0.25, 0.3) is 0 Å². The summed E-state index contributed by atoms with van der Waals surface area (Å²) < 4.78 is 38.4. The lowest BCUT2D eigenvalue weighted by Gasteiger charge is -2.13. The van der Waals surface area contributed by atoms with Gasteiger partial charge in [-0.15, -0.1) is 0 Å². The monoisotopic (exact) mass is 439 g/mol. The van der Waals surface area contributed by atoms with Gasteiger partial charge in [-0.3, -0.25) is 4.79 Å². The number of likely N-dealkylation sites (N-methyl/N-ethyl adjacent to an activating group) is 1. The topological polar surface area (TPSA) is 119 Å². The summed E-state index contributed by atoms with van der Waals surface area (Å²) in [6, 6.07) is 14.2. The van der Waals surface area contributed by atoms with Crippen LogP contribution in [0.4, 0.5) is 8.78 Å². The number of ether oxygens (including phenoxy) is 2. The summed E-state index contributed by atoms with van der Waals surface area (Å²) in [5.74, 6) is -2.64. The average Bonchev–Trinajstić information content (AvgIpc) is 2.82. The van der Waals surface area contributed by atoms with Crippen molar-refractivity contribution in [1.29, 1.82) is 5.26 Å². The van der Waals surface area contributed by atoms with E-state index in [-0.39, 0.29) is 28.3 Å². The number of hydrogen-bond acceptors (Lipinski definition) is 8. The second-order valence-corrected chi connectivity index (χ2v) is 5.86. The van der Waals surface area contributed by atoms with Gasteiger partial charge in [0.15, 0.2) is 5.71 Å². The average molecular weight is 439 g/mol. The first-order chi connectivity index (χ1) is 15.6. The third-order valence-electron chi connectivity index (χ3n) is 3.94. The van der Waals surface area contributed by atoms with Crippen molar-refractivity contribution in [3.8, 4) is 29.3 Å². The molecule has 1 heterocycles. The van der Waals surface area contributed by atoms with Crippen LogP contribution in [0.2, 0.25) is 0 Å². The van der Waals surface area contributed by atoms with E-state index in [1.807, 2.05) is 6.07 Å². The fourth-order valence-electron chi connectivity index (χ4n) is 2.51. The second kappa shape index (κ2) is 10.4. The van der Waals surface area contributed by atoms with E-state index in [4.69, 9.17) is 14.7 Å². The Morgan fingerprint density at radius 1 is 1.09 bits per heavy atom. The van der Waals surface area contributed by atoms with Crippen LogP contribution in [-0.4, -0.2) is 35.5 Å². The van der Waals surface area contributed by atoms with E-state index in [1.54, 1.807) is 24.3 Å². The number of aromatic nitrogens is 2. The molecule has 9 nitrogen and oxygen atoms in total. The highest BCUT2D eigenvalue weighted by Crippen LogP contribution is 2.32. The molecule has 0 bridgehead atoms. The van der Waals surface area contributed by atoms with Crippen LogP contribution >= 0.6 is 0 Å². The maximum Gasteiger partial charge on any atom is 0.273 e. The molecule has 32 heavy (non-hydrogen) atoms. The van der Waals surface area contributed by atoms with E-state index in [2.05, 4.69) is 25.3 Å². The zero-order valence-corrected chi connectivity index (χ0v) is 16.6. The maximum absolute atomic E-state index is 15.0. The Balaban J connectivity index is 1.96. The van der Waals surface area contributed by atoms with Crippen LogP contribution < -0.4 is 14.8 Å². The molecule has 0 aliphatic carbocycles. The molecular weight excluding hydrogens is 424 g/mol. The van der Waals surface area contributed by atoms with Crippen molar-refractivity contribution in [2.75, 3.05) is 13.9 Å². The Hall–Kier alpha value is -4.59. The number of oxime groups is 1. The Bertz CT molecular complexity index is 1200. The molecule has 0 saturated heterocycles. The van der Waals surface area contributed by atoms with Gasteiger partial charge in [0.1, 0.15) is 23.9 Å². The van der Waals surface area contributed by atoms with Crippen LogP contribution in [0.5, 0.6) is 23.3 Å². The first kappa shape index (κ1) is 22.1. The number of para-hydroxylation sites is 2. The Morgan fingerprint density at radius 2 is 1.72 bits per heavy atom. The van der Waals surface area contributed by atoms with Crippen molar-refractivity contribution >= 4 is 11.6 Å². The zero-order chi connectivity index (χ0) is 22.9. The number of halogens is 2. The van der Waals surface area contributed by atoms with Crippen molar-refractivity contribution in [2.45, 2.75) is 0 Å². The first-order valence-corrected chi connectivity index (χ1v) is 9.01. The molecule has 0 aliphatic heterocycles. The number of nitriles is 1. The van der Waals surface area contributed by atoms with E-state index in [0.29, 0.717) is 0 Å². The normalized spacial score (nSPS) is 10.8. The van der Waals surface area contributed by atoms with E-state index in [0.717, 1.165) is 6.33 Å². The van der Waals surface area contributed by atoms with Gasteiger partial charge in [0.05, 0.1) is 11.1 Å². The molecule has 11 heteroatoms. The molecular formula is C21H15F2N5O4. The number of alkyl halides is 1. The SMILES string of the molecule is CNC(=O)/C(=N\OCF)c1ccccc1Oc1ncnc(Oc2ccccc2C#N)c1F. The van der Waals surface area contributed by atoms with Crippen LogP contribution in [0.3, 0.4) is 0 Å². The third kappa shape index (κ3) is 4.93. The highest BCUT2D eigenvalue weighted by molar-refractivity contribution is 6.45. The summed E-state index contributed by atoms with van der Waals surface area (Å²) in [4.78, 5) is 24.0. The molecule has 0 saturated carbocycles. The van der Waals surface area contributed by atoms with Crippen molar-refractivity contribution < 1.29 is 27.9 Å². The molecule has 3 aromatic rings.